The van der Waals surface area contributed by atoms with E-state index in [1.807, 2.05) is 12.1 Å². The first-order valence-corrected chi connectivity index (χ1v) is 8.09. The Morgan fingerprint density at radius 3 is 3.14 bits per heavy atom. The molecule has 2 saturated heterocycles. The summed E-state index contributed by atoms with van der Waals surface area (Å²) < 4.78 is 0. The second-order valence-corrected chi connectivity index (χ2v) is 6.47. The maximum Gasteiger partial charge on any atom is 0.225 e. The van der Waals surface area contributed by atoms with Crippen molar-refractivity contribution in [2.24, 2.45) is 5.92 Å². The molecule has 0 aliphatic carbocycles. The van der Waals surface area contributed by atoms with Gasteiger partial charge in [-0.05, 0) is 43.5 Å². The summed E-state index contributed by atoms with van der Waals surface area (Å²) in [6.07, 6.45) is 3.14. The highest BCUT2D eigenvalue weighted by atomic mass is 35.5. The summed E-state index contributed by atoms with van der Waals surface area (Å²) in [5.74, 6) is 0.829. The van der Waals surface area contributed by atoms with Gasteiger partial charge in [-0.1, -0.05) is 17.7 Å². The standard InChI is InChI=1S/C16H22ClN3O/c17-13-4-1-5-14(9-13)19-16(21)6-8-20-10-12-3-2-7-18-15(12)11-20/h1,4-5,9,12,15,18H,2-3,6-8,10-11H2,(H,19,21). The van der Waals surface area contributed by atoms with Gasteiger partial charge in [-0.25, -0.2) is 0 Å². The largest absolute Gasteiger partial charge is 0.326 e. The third-order valence-electron chi connectivity index (χ3n) is 4.44. The molecule has 2 heterocycles. The highest BCUT2D eigenvalue weighted by molar-refractivity contribution is 6.30. The van der Waals surface area contributed by atoms with E-state index in [-0.39, 0.29) is 5.91 Å². The van der Waals surface area contributed by atoms with E-state index >= 15 is 0 Å². The molecule has 4 nitrogen and oxygen atoms in total. The molecule has 2 unspecified atom stereocenters. The fourth-order valence-electron chi connectivity index (χ4n) is 3.37. The molecule has 2 fully saturated rings. The van der Waals surface area contributed by atoms with Crippen LogP contribution in [0.3, 0.4) is 0 Å². The maximum atomic E-state index is 12.0. The topological polar surface area (TPSA) is 44.4 Å². The van der Waals surface area contributed by atoms with Gasteiger partial charge in [0, 0.05) is 42.8 Å². The highest BCUT2D eigenvalue weighted by Gasteiger charge is 2.33. The Kier molecular flexibility index (Phi) is 4.78. The van der Waals surface area contributed by atoms with Crippen molar-refractivity contribution in [2.75, 3.05) is 31.5 Å². The van der Waals surface area contributed by atoms with Gasteiger partial charge >= 0.3 is 0 Å². The molecule has 2 aliphatic heterocycles. The number of halogens is 1. The predicted molar refractivity (Wildman–Crippen MR) is 85.7 cm³/mol. The van der Waals surface area contributed by atoms with E-state index in [1.165, 1.54) is 12.8 Å². The third-order valence-corrected chi connectivity index (χ3v) is 4.67. The van der Waals surface area contributed by atoms with Crippen molar-refractivity contribution in [3.05, 3.63) is 29.3 Å². The average Bonchev–Trinajstić information content (AvgIpc) is 2.88. The summed E-state index contributed by atoms with van der Waals surface area (Å²) >= 11 is 5.91. The Balaban J connectivity index is 1.44. The molecular weight excluding hydrogens is 286 g/mol. The van der Waals surface area contributed by atoms with Gasteiger partial charge in [-0.15, -0.1) is 0 Å². The minimum Gasteiger partial charge on any atom is -0.326 e. The van der Waals surface area contributed by atoms with Crippen LogP contribution in [0, 0.1) is 5.92 Å². The van der Waals surface area contributed by atoms with Crippen LogP contribution in [0.15, 0.2) is 24.3 Å². The van der Waals surface area contributed by atoms with Crippen LogP contribution in [0.4, 0.5) is 5.69 Å². The van der Waals surface area contributed by atoms with Crippen molar-refractivity contribution in [3.8, 4) is 0 Å². The molecular formula is C16H22ClN3O. The lowest BCUT2D eigenvalue weighted by molar-refractivity contribution is -0.116. The monoisotopic (exact) mass is 307 g/mol. The molecule has 21 heavy (non-hydrogen) atoms. The Labute approximate surface area is 130 Å². The molecule has 0 bridgehead atoms. The van der Waals surface area contributed by atoms with Crippen LogP contribution >= 0.6 is 11.6 Å². The third kappa shape index (κ3) is 3.96. The smallest absolute Gasteiger partial charge is 0.225 e. The number of rotatable bonds is 4. The minimum absolute atomic E-state index is 0.0556. The fourth-order valence-corrected chi connectivity index (χ4v) is 3.56. The number of piperidine rings is 1. The summed E-state index contributed by atoms with van der Waals surface area (Å²) in [6, 6.07) is 7.91. The normalized spacial score (nSPS) is 25.6. The van der Waals surface area contributed by atoms with Crippen LogP contribution in [0.2, 0.25) is 5.02 Å². The molecule has 0 radical (unpaired) electrons. The zero-order chi connectivity index (χ0) is 14.7. The number of benzene rings is 1. The Morgan fingerprint density at radius 2 is 2.33 bits per heavy atom. The summed E-state index contributed by atoms with van der Waals surface area (Å²) in [6.45, 7) is 4.18. The molecule has 0 saturated carbocycles. The average molecular weight is 308 g/mol. The first-order valence-electron chi connectivity index (χ1n) is 7.72. The maximum absolute atomic E-state index is 12.0. The van der Waals surface area contributed by atoms with Crippen molar-refractivity contribution < 1.29 is 4.79 Å². The van der Waals surface area contributed by atoms with E-state index in [0.29, 0.717) is 17.5 Å². The first-order chi connectivity index (χ1) is 10.2. The molecule has 2 atom stereocenters. The molecule has 1 aromatic rings. The Bertz CT molecular complexity index is 494. The number of hydrogen-bond donors (Lipinski definition) is 2. The molecule has 1 amide bonds. The minimum atomic E-state index is 0.0556. The lowest BCUT2D eigenvalue weighted by atomic mass is 9.94. The number of fused-ring (bicyclic) bond motifs is 1. The summed E-state index contributed by atoms with van der Waals surface area (Å²) in [5, 5.41) is 7.13. The molecule has 2 N–H and O–H groups in total. The Hall–Kier alpha value is -1.10. The lowest BCUT2D eigenvalue weighted by Crippen LogP contribution is -2.40. The van der Waals surface area contributed by atoms with Gasteiger partial charge in [-0.3, -0.25) is 4.79 Å². The van der Waals surface area contributed by atoms with Crippen LogP contribution in [0.1, 0.15) is 19.3 Å². The van der Waals surface area contributed by atoms with Crippen molar-refractivity contribution in [2.45, 2.75) is 25.3 Å². The lowest BCUT2D eigenvalue weighted by Gasteiger charge is -2.24. The highest BCUT2D eigenvalue weighted by Crippen LogP contribution is 2.24. The summed E-state index contributed by atoms with van der Waals surface area (Å²) in [4.78, 5) is 14.4. The number of nitrogens with zero attached hydrogens (tertiary/aromatic N) is 1. The van der Waals surface area contributed by atoms with E-state index in [1.54, 1.807) is 12.1 Å². The van der Waals surface area contributed by atoms with Gasteiger partial charge in [0.1, 0.15) is 0 Å². The van der Waals surface area contributed by atoms with Crippen LogP contribution in [-0.2, 0) is 4.79 Å². The second kappa shape index (κ2) is 6.77. The number of amides is 1. The number of carbonyl (C=O) groups excluding carboxylic acids is 1. The van der Waals surface area contributed by atoms with Crippen LogP contribution in [0.5, 0.6) is 0 Å². The van der Waals surface area contributed by atoms with Crippen molar-refractivity contribution >= 4 is 23.2 Å². The van der Waals surface area contributed by atoms with Gasteiger partial charge in [0.15, 0.2) is 0 Å². The summed E-state index contributed by atoms with van der Waals surface area (Å²) in [7, 11) is 0. The second-order valence-electron chi connectivity index (χ2n) is 6.03. The van der Waals surface area contributed by atoms with E-state index in [4.69, 9.17) is 11.6 Å². The van der Waals surface area contributed by atoms with E-state index in [9.17, 15) is 4.79 Å². The Morgan fingerprint density at radius 1 is 1.43 bits per heavy atom. The van der Waals surface area contributed by atoms with Gasteiger partial charge < -0.3 is 15.5 Å². The first kappa shape index (κ1) is 14.8. The molecule has 3 rings (SSSR count). The van der Waals surface area contributed by atoms with Gasteiger partial charge in [0.25, 0.3) is 0 Å². The molecule has 0 spiro atoms. The van der Waals surface area contributed by atoms with Crippen LogP contribution in [-0.4, -0.2) is 43.0 Å². The van der Waals surface area contributed by atoms with Gasteiger partial charge in [0.05, 0.1) is 0 Å². The van der Waals surface area contributed by atoms with Gasteiger partial charge in [0.2, 0.25) is 5.91 Å². The van der Waals surface area contributed by atoms with Crippen LogP contribution in [0.25, 0.3) is 0 Å². The molecule has 0 aromatic heterocycles. The van der Waals surface area contributed by atoms with Crippen LogP contribution < -0.4 is 10.6 Å². The summed E-state index contributed by atoms with van der Waals surface area (Å²) in [5.41, 5.74) is 0.768. The fraction of sp³-hybridized carbons (Fsp3) is 0.562. The number of anilines is 1. The van der Waals surface area contributed by atoms with Crippen molar-refractivity contribution in [1.82, 2.24) is 10.2 Å². The molecule has 2 aliphatic rings. The zero-order valence-corrected chi connectivity index (χ0v) is 12.9. The number of carbonyl (C=O) groups is 1. The van der Waals surface area contributed by atoms with Crippen molar-refractivity contribution in [1.29, 1.82) is 0 Å². The molecule has 5 heteroatoms. The van der Waals surface area contributed by atoms with Crippen molar-refractivity contribution in [3.63, 3.8) is 0 Å². The van der Waals surface area contributed by atoms with E-state index < -0.39 is 0 Å². The number of nitrogens with one attached hydrogen (secondary N) is 2. The number of likely N-dealkylation sites (tertiary alicyclic amines) is 1. The SMILES string of the molecule is O=C(CCN1CC2CCCNC2C1)Nc1cccc(Cl)c1. The molecule has 114 valence electrons. The predicted octanol–water partition coefficient (Wildman–Crippen LogP) is 2.35. The number of hydrogen-bond acceptors (Lipinski definition) is 3. The zero-order valence-electron chi connectivity index (χ0n) is 12.1. The molecule has 1 aromatic carbocycles. The van der Waals surface area contributed by atoms with E-state index in [2.05, 4.69) is 15.5 Å². The van der Waals surface area contributed by atoms with E-state index in [0.717, 1.165) is 37.8 Å². The van der Waals surface area contributed by atoms with Gasteiger partial charge in [-0.2, -0.15) is 0 Å². The quantitative estimate of drug-likeness (QED) is 0.897.